The first-order valence-electron chi connectivity index (χ1n) is 6.48. The van der Waals surface area contributed by atoms with Crippen molar-refractivity contribution in [3.8, 4) is 0 Å². The van der Waals surface area contributed by atoms with Crippen LogP contribution in [-0.4, -0.2) is 60.4 Å². The maximum absolute atomic E-state index is 12.6. The number of hydrogen-bond acceptors (Lipinski definition) is 7. The molecule has 1 aliphatic rings. The zero-order valence-corrected chi connectivity index (χ0v) is 13.4. The highest BCUT2D eigenvalue weighted by molar-refractivity contribution is 7.90. The Morgan fingerprint density at radius 1 is 1.55 bits per heavy atom. The van der Waals surface area contributed by atoms with Crippen molar-refractivity contribution in [3.05, 3.63) is 28.5 Å². The lowest BCUT2D eigenvalue weighted by atomic mass is 10.1. The normalized spacial score (nSPS) is 19.3. The summed E-state index contributed by atoms with van der Waals surface area (Å²) in [5.74, 6) is -0.247. The Kier molecular flexibility index (Phi) is 3.98. The van der Waals surface area contributed by atoms with Gasteiger partial charge in [-0.2, -0.15) is 5.10 Å². The molecule has 0 aliphatic carbocycles. The van der Waals surface area contributed by atoms with Crippen molar-refractivity contribution >= 4 is 27.1 Å². The van der Waals surface area contributed by atoms with Gasteiger partial charge in [-0.3, -0.25) is 9.89 Å². The number of carbonyl (C=O) groups excluding carboxylic acids is 1. The highest BCUT2D eigenvalue weighted by Crippen LogP contribution is 2.29. The Balaban J connectivity index is 1.97. The fraction of sp³-hybridized carbons (Fsp3) is 0.417. The van der Waals surface area contributed by atoms with Crippen LogP contribution in [0.4, 0.5) is 0 Å². The van der Waals surface area contributed by atoms with E-state index in [1.54, 1.807) is 15.8 Å². The summed E-state index contributed by atoms with van der Waals surface area (Å²) in [6.45, 7) is 0.971. The van der Waals surface area contributed by atoms with Gasteiger partial charge in [0.25, 0.3) is 5.91 Å². The van der Waals surface area contributed by atoms with Gasteiger partial charge in [0.15, 0.2) is 9.84 Å². The Morgan fingerprint density at radius 2 is 2.36 bits per heavy atom. The number of carbonyl (C=O) groups is 1. The minimum Gasteiger partial charge on any atom is -0.377 e. The van der Waals surface area contributed by atoms with Crippen molar-refractivity contribution in [1.82, 2.24) is 20.1 Å². The van der Waals surface area contributed by atoms with Crippen molar-refractivity contribution in [2.24, 2.45) is 0 Å². The molecule has 0 saturated carbocycles. The molecule has 1 aliphatic heterocycles. The molecule has 1 atom stereocenters. The predicted octanol–water partition coefficient (Wildman–Crippen LogP) is 0.483. The Bertz CT molecular complexity index is 769. The summed E-state index contributed by atoms with van der Waals surface area (Å²) >= 11 is 1.33. The van der Waals surface area contributed by atoms with Crippen LogP contribution in [0.25, 0.3) is 0 Å². The lowest BCUT2D eigenvalue weighted by Gasteiger charge is -2.34. The molecule has 0 bridgehead atoms. The molecular weight excluding hydrogens is 328 g/mol. The maximum Gasteiger partial charge on any atom is 0.274 e. The summed E-state index contributed by atoms with van der Waals surface area (Å²) in [6, 6.07) is -0.532. The van der Waals surface area contributed by atoms with Gasteiger partial charge in [-0.05, 0) is 0 Å². The quantitative estimate of drug-likeness (QED) is 0.870. The summed E-state index contributed by atoms with van der Waals surface area (Å²) in [5.41, 5.74) is 2.30. The third-order valence-corrected chi connectivity index (χ3v) is 5.12. The first-order chi connectivity index (χ1) is 10.5. The largest absolute Gasteiger partial charge is 0.377 e. The first kappa shape index (κ1) is 15.1. The molecule has 3 heterocycles. The molecule has 0 spiro atoms. The summed E-state index contributed by atoms with van der Waals surface area (Å²) in [6.07, 6.45) is 2.36. The maximum atomic E-state index is 12.6. The molecule has 118 valence electrons. The van der Waals surface area contributed by atoms with Crippen LogP contribution in [0.15, 0.2) is 22.0 Å². The molecule has 8 nitrogen and oxygen atoms in total. The lowest BCUT2D eigenvalue weighted by Crippen LogP contribution is -2.44. The SMILES string of the molecule is CS(=O)(=O)c1cn[nH]c1[C@@H]1COCCN1C(=O)c1cscn1. The first-order valence-corrected chi connectivity index (χ1v) is 9.32. The number of nitrogens with zero attached hydrogens (tertiary/aromatic N) is 3. The van der Waals surface area contributed by atoms with E-state index in [2.05, 4.69) is 15.2 Å². The van der Waals surface area contributed by atoms with Gasteiger partial charge in [0.05, 0.1) is 36.7 Å². The van der Waals surface area contributed by atoms with Crippen LogP contribution in [-0.2, 0) is 14.6 Å². The van der Waals surface area contributed by atoms with Gasteiger partial charge in [-0.1, -0.05) is 0 Å². The van der Waals surface area contributed by atoms with Crippen molar-refractivity contribution in [2.45, 2.75) is 10.9 Å². The third-order valence-electron chi connectivity index (χ3n) is 3.41. The zero-order chi connectivity index (χ0) is 15.7. The van der Waals surface area contributed by atoms with Crippen LogP contribution >= 0.6 is 11.3 Å². The number of aromatic nitrogens is 3. The van der Waals surface area contributed by atoms with E-state index in [4.69, 9.17) is 4.74 Å². The van der Waals surface area contributed by atoms with Crippen LogP contribution in [0.2, 0.25) is 0 Å². The molecule has 0 aromatic carbocycles. The van der Waals surface area contributed by atoms with Crippen LogP contribution in [0.3, 0.4) is 0 Å². The minimum atomic E-state index is -3.44. The smallest absolute Gasteiger partial charge is 0.274 e. The van der Waals surface area contributed by atoms with E-state index in [1.165, 1.54) is 17.5 Å². The zero-order valence-electron chi connectivity index (χ0n) is 11.7. The van der Waals surface area contributed by atoms with Crippen LogP contribution in [0, 0.1) is 0 Å². The number of sulfone groups is 1. The van der Waals surface area contributed by atoms with E-state index in [0.29, 0.717) is 24.5 Å². The predicted molar refractivity (Wildman–Crippen MR) is 78.4 cm³/mol. The molecule has 0 unspecified atom stereocenters. The molecule has 22 heavy (non-hydrogen) atoms. The van der Waals surface area contributed by atoms with Crippen LogP contribution in [0.5, 0.6) is 0 Å². The molecule has 2 aromatic heterocycles. The van der Waals surface area contributed by atoms with Crippen molar-refractivity contribution < 1.29 is 17.9 Å². The van der Waals surface area contributed by atoms with Gasteiger partial charge in [0.2, 0.25) is 0 Å². The Labute approximate surface area is 131 Å². The molecule has 10 heteroatoms. The van der Waals surface area contributed by atoms with E-state index < -0.39 is 15.9 Å². The van der Waals surface area contributed by atoms with Crippen molar-refractivity contribution in [3.63, 3.8) is 0 Å². The number of rotatable bonds is 3. The summed E-state index contributed by atoms with van der Waals surface area (Å²) in [5, 5.41) is 8.17. The van der Waals surface area contributed by atoms with Gasteiger partial charge < -0.3 is 9.64 Å². The van der Waals surface area contributed by atoms with Gasteiger partial charge in [-0.15, -0.1) is 11.3 Å². The second-order valence-electron chi connectivity index (χ2n) is 4.88. The molecule has 1 amide bonds. The summed E-state index contributed by atoms with van der Waals surface area (Å²) in [7, 11) is -3.44. The van der Waals surface area contributed by atoms with E-state index in [1.807, 2.05) is 0 Å². The third kappa shape index (κ3) is 2.76. The summed E-state index contributed by atoms with van der Waals surface area (Å²) in [4.78, 5) is 18.2. The molecule has 1 fully saturated rings. The lowest BCUT2D eigenvalue weighted by molar-refractivity contribution is -0.00494. The molecule has 3 rings (SSSR count). The highest BCUT2D eigenvalue weighted by Gasteiger charge is 2.34. The van der Waals surface area contributed by atoms with Gasteiger partial charge >= 0.3 is 0 Å². The van der Waals surface area contributed by atoms with E-state index in [9.17, 15) is 13.2 Å². The number of ether oxygens (including phenoxy) is 1. The number of aromatic amines is 1. The van der Waals surface area contributed by atoms with Crippen LogP contribution in [0.1, 0.15) is 22.2 Å². The van der Waals surface area contributed by atoms with E-state index in [-0.39, 0.29) is 17.4 Å². The number of morpholine rings is 1. The molecule has 0 radical (unpaired) electrons. The minimum absolute atomic E-state index is 0.0825. The van der Waals surface area contributed by atoms with Crippen LogP contribution < -0.4 is 0 Å². The highest BCUT2D eigenvalue weighted by atomic mass is 32.2. The average Bonchev–Trinajstić information content (AvgIpc) is 3.17. The molecular formula is C12H14N4O4S2. The Morgan fingerprint density at radius 3 is 3.05 bits per heavy atom. The second-order valence-corrected chi connectivity index (χ2v) is 7.59. The van der Waals surface area contributed by atoms with Gasteiger partial charge in [0.1, 0.15) is 10.6 Å². The monoisotopic (exact) mass is 342 g/mol. The van der Waals surface area contributed by atoms with Gasteiger partial charge in [-0.25, -0.2) is 13.4 Å². The molecule has 1 saturated heterocycles. The number of H-pyrrole nitrogens is 1. The summed E-state index contributed by atoms with van der Waals surface area (Å²) < 4.78 is 29.1. The fourth-order valence-electron chi connectivity index (χ4n) is 2.37. The van der Waals surface area contributed by atoms with Gasteiger partial charge in [0, 0.05) is 18.2 Å². The number of hydrogen-bond donors (Lipinski definition) is 1. The molecule has 1 N–H and O–H groups in total. The van der Waals surface area contributed by atoms with E-state index in [0.717, 1.165) is 6.26 Å². The second kappa shape index (κ2) is 5.78. The van der Waals surface area contributed by atoms with Crippen molar-refractivity contribution in [1.29, 1.82) is 0 Å². The standard InChI is InChI=1S/C12H14N4O4S2/c1-22(18,19)10-4-14-15-11(10)9-5-20-3-2-16(9)12(17)8-6-21-7-13-8/h4,6-7,9H,2-3,5H2,1H3,(H,14,15)/t9-/m0/s1. The average molecular weight is 342 g/mol. The number of nitrogens with one attached hydrogen (secondary N) is 1. The topological polar surface area (TPSA) is 105 Å². The fourth-order valence-corrected chi connectivity index (χ4v) is 3.72. The van der Waals surface area contributed by atoms with E-state index >= 15 is 0 Å². The van der Waals surface area contributed by atoms with Crippen molar-refractivity contribution in [2.75, 3.05) is 26.0 Å². The number of amides is 1. The Hall–Kier alpha value is -1.78. The molecule has 2 aromatic rings. The number of thiazole rings is 1.